The first-order valence-corrected chi connectivity index (χ1v) is 9.74. The molecule has 1 aliphatic rings. The molecule has 1 aliphatic heterocycles. The zero-order chi connectivity index (χ0) is 19.0. The predicted octanol–water partition coefficient (Wildman–Crippen LogP) is 4.67. The Morgan fingerprint density at radius 2 is 2.11 bits per heavy atom. The van der Waals surface area contributed by atoms with E-state index in [2.05, 4.69) is 45.8 Å². The number of H-pyrrole nitrogens is 1. The van der Waals surface area contributed by atoms with E-state index in [0.717, 1.165) is 30.7 Å². The molecular weight excluding hydrogens is 341 g/mol. The number of hydrogen-bond donors (Lipinski definition) is 1. The molecule has 0 spiro atoms. The third-order valence-electron chi connectivity index (χ3n) is 5.60. The van der Waals surface area contributed by atoms with Gasteiger partial charge in [-0.05, 0) is 54.9 Å². The minimum atomic E-state index is -0.361. The average molecular weight is 367 g/mol. The second kappa shape index (κ2) is 7.25. The highest BCUT2D eigenvalue weighted by molar-refractivity contribution is 5.89. The highest BCUT2D eigenvalue weighted by atomic mass is 19.1. The molecule has 6 heteroatoms. The molecule has 1 N–H and O–H groups in total. The molecule has 0 saturated carbocycles. The molecule has 1 unspecified atom stereocenters. The molecule has 4 rings (SSSR count). The van der Waals surface area contributed by atoms with E-state index in [1.54, 1.807) is 12.3 Å². The van der Waals surface area contributed by atoms with E-state index < -0.39 is 0 Å². The van der Waals surface area contributed by atoms with Crippen LogP contribution in [0.1, 0.15) is 33.6 Å². The Bertz CT molecular complexity index is 935. The van der Waals surface area contributed by atoms with Crippen LogP contribution in [0.2, 0.25) is 0 Å². The van der Waals surface area contributed by atoms with Crippen molar-refractivity contribution in [3.05, 3.63) is 36.3 Å². The highest BCUT2D eigenvalue weighted by Gasteiger charge is 2.28. The molecule has 0 bridgehead atoms. The molecule has 3 aromatic rings. The van der Waals surface area contributed by atoms with Crippen molar-refractivity contribution in [3.8, 4) is 11.4 Å². The van der Waals surface area contributed by atoms with Crippen LogP contribution in [0.3, 0.4) is 0 Å². The molecule has 0 aliphatic carbocycles. The Balaban J connectivity index is 1.66. The van der Waals surface area contributed by atoms with Crippen LogP contribution >= 0.6 is 0 Å². The third kappa shape index (κ3) is 3.53. The Hall–Kier alpha value is -2.50. The Labute approximate surface area is 159 Å². The van der Waals surface area contributed by atoms with Crippen molar-refractivity contribution >= 4 is 16.9 Å². The number of anilines is 1. The van der Waals surface area contributed by atoms with E-state index in [1.807, 2.05) is 12.1 Å². The first kappa shape index (κ1) is 17.9. The van der Waals surface area contributed by atoms with Crippen molar-refractivity contribution in [2.24, 2.45) is 17.8 Å². The lowest BCUT2D eigenvalue weighted by molar-refractivity contribution is 0.257. The maximum Gasteiger partial charge on any atom is 0.155 e. The zero-order valence-electron chi connectivity index (χ0n) is 16.1. The van der Waals surface area contributed by atoms with Crippen molar-refractivity contribution < 1.29 is 4.39 Å². The summed E-state index contributed by atoms with van der Waals surface area (Å²) in [5, 5.41) is 7.92. The van der Waals surface area contributed by atoms with Crippen LogP contribution in [0.4, 0.5) is 10.2 Å². The van der Waals surface area contributed by atoms with Crippen molar-refractivity contribution in [3.63, 3.8) is 0 Å². The van der Waals surface area contributed by atoms with Gasteiger partial charge in [-0.2, -0.15) is 5.10 Å². The number of aromatic nitrogens is 4. The van der Waals surface area contributed by atoms with Gasteiger partial charge in [-0.25, -0.2) is 14.4 Å². The van der Waals surface area contributed by atoms with E-state index >= 15 is 0 Å². The highest BCUT2D eigenvalue weighted by Crippen LogP contribution is 2.33. The van der Waals surface area contributed by atoms with E-state index in [9.17, 15) is 4.39 Å². The second-order valence-corrected chi connectivity index (χ2v) is 8.07. The SMILES string of the molecule is CC(C)C[C@@H]1CN(c2ccc(F)c(-c3n[nH]c4ncccc34)n2)CCC1C. The molecule has 142 valence electrons. The first-order chi connectivity index (χ1) is 13.0. The summed E-state index contributed by atoms with van der Waals surface area (Å²) in [6, 6.07) is 7.00. The van der Waals surface area contributed by atoms with E-state index in [0.29, 0.717) is 29.1 Å². The van der Waals surface area contributed by atoms with Crippen molar-refractivity contribution in [1.82, 2.24) is 20.2 Å². The zero-order valence-corrected chi connectivity index (χ0v) is 16.1. The fourth-order valence-electron chi connectivity index (χ4n) is 4.08. The Morgan fingerprint density at radius 3 is 2.93 bits per heavy atom. The van der Waals surface area contributed by atoms with Gasteiger partial charge >= 0.3 is 0 Å². The van der Waals surface area contributed by atoms with Gasteiger partial charge < -0.3 is 4.90 Å². The topological polar surface area (TPSA) is 57.7 Å². The lowest BCUT2D eigenvalue weighted by Gasteiger charge is -2.38. The minimum absolute atomic E-state index is 0.283. The molecule has 4 heterocycles. The molecule has 1 saturated heterocycles. The van der Waals surface area contributed by atoms with Gasteiger partial charge in [0.05, 0.1) is 0 Å². The van der Waals surface area contributed by atoms with Gasteiger partial charge in [0.25, 0.3) is 0 Å². The molecule has 0 amide bonds. The van der Waals surface area contributed by atoms with Crippen LogP contribution in [0.5, 0.6) is 0 Å². The summed E-state index contributed by atoms with van der Waals surface area (Å²) in [6.07, 6.45) is 4.04. The number of fused-ring (bicyclic) bond motifs is 1. The van der Waals surface area contributed by atoms with Gasteiger partial charge in [0.15, 0.2) is 11.5 Å². The van der Waals surface area contributed by atoms with Crippen LogP contribution in [0.25, 0.3) is 22.4 Å². The number of hydrogen-bond acceptors (Lipinski definition) is 4. The average Bonchev–Trinajstić information content (AvgIpc) is 3.08. The molecule has 27 heavy (non-hydrogen) atoms. The normalized spacial score (nSPS) is 20.6. The summed E-state index contributed by atoms with van der Waals surface area (Å²) < 4.78 is 14.6. The van der Waals surface area contributed by atoms with Crippen molar-refractivity contribution in [2.45, 2.75) is 33.6 Å². The maximum atomic E-state index is 14.6. The molecule has 0 radical (unpaired) electrons. The summed E-state index contributed by atoms with van der Waals surface area (Å²) in [4.78, 5) is 11.2. The van der Waals surface area contributed by atoms with Gasteiger partial charge in [0.2, 0.25) is 0 Å². The number of rotatable bonds is 4. The first-order valence-electron chi connectivity index (χ1n) is 9.74. The monoisotopic (exact) mass is 367 g/mol. The van der Waals surface area contributed by atoms with Gasteiger partial charge in [0.1, 0.15) is 17.2 Å². The smallest absolute Gasteiger partial charge is 0.155 e. The molecule has 1 fully saturated rings. The standard InChI is InChI=1S/C21H26FN5/c1-13(2)11-15-12-27(10-8-14(15)3)18-7-6-17(22)20(24-18)19-16-5-4-9-23-21(16)26-25-19/h4-7,9,13-15H,8,10-12H2,1-3H3,(H,23,25,26)/t14?,15-/m1/s1. The van der Waals surface area contributed by atoms with Crippen LogP contribution < -0.4 is 4.90 Å². The molecule has 5 nitrogen and oxygen atoms in total. The van der Waals surface area contributed by atoms with Gasteiger partial charge in [-0.3, -0.25) is 5.10 Å². The van der Waals surface area contributed by atoms with Gasteiger partial charge in [0, 0.05) is 24.7 Å². The molecular formula is C21H26FN5. The van der Waals surface area contributed by atoms with E-state index in [1.165, 1.54) is 12.5 Å². The number of nitrogens with one attached hydrogen (secondary N) is 1. The van der Waals surface area contributed by atoms with Crippen molar-refractivity contribution in [1.29, 1.82) is 0 Å². The number of nitrogens with zero attached hydrogens (tertiary/aromatic N) is 4. The summed E-state index contributed by atoms with van der Waals surface area (Å²) in [7, 11) is 0. The maximum absolute atomic E-state index is 14.6. The Kier molecular flexibility index (Phi) is 4.81. The Morgan fingerprint density at radius 1 is 1.26 bits per heavy atom. The fourth-order valence-corrected chi connectivity index (χ4v) is 4.08. The van der Waals surface area contributed by atoms with E-state index in [-0.39, 0.29) is 11.5 Å². The lowest BCUT2D eigenvalue weighted by atomic mass is 9.81. The number of pyridine rings is 2. The predicted molar refractivity (Wildman–Crippen MR) is 106 cm³/mol. The third-order valence-corrected chi connectivity index (χ3v) is 5.60. The molecule has 2 atom stereocenters. The largest absolute Gasteiger partial charge is 0.356 e. The number of aromatic amines is 1. The van der Waals surface area contributed by atoms with Crippen LogP contribution in [-0.4, -0.2) is 33.3 Å². The van der Waals surface area contributed by atoms with E-state index in [4.69, 9.17) is 0 Å². The fraction of sp³-hybridized carbons (Fsp3) is 0.476. The number of piperidine rings is 1. The number of halogens is 1. The van der Waals surface area contributed by atoms with Crippen molar-refractivity contribution in [2.75, 3.05) is 18.0 Å². The summed E-state index contributed by atoms with van der Waals surface area (Å²) in [6.45, 7) is 8.82. The summed E-state index contributed by atoms with van der Waals surface area (Å²) >= 11 is 0. The second-order valence-electron chi connectivity index (χ2n) is 8.07. The van der Waals surface area contributed by atoms with Gasteiger partial charge in [-0.1, -0.05) is 20.8 Å². The summed E-state index contributed by atoms with van der Waals surface area (Å²) in [5.41, 5.74) is 1.44. The molecule has 0 aromatic carbocycles. The molecule has 3 aromatic heterocycles. The lowest BCUT2D eigenvalue weighted by Crippen LogP contribution is -2.40. The van der Waals surface area contributed by atoms with Crippen LogP contribution in [0.15, 0.2) is 30.5 Å². The minimum Gasteiger partial charge on any atom is -0.356 e. The summed E-state index contributed by atoms with van der Waals surface area (Å²) in [5.74, 6) is 2.50. The van der Waals surface area contributed by atoms with Crippen LogP contribution in [0, 0.1) is 23.6 Å². The van der Waals surface area contributed by atoms with Crippen LogP contribution in [-0.2, 0) is 0 Å². The van der Waals surface area contributed by atoms with Gasteiger partial charge in [-0.15, -0.1) is 0 Å². The quantitative estimate of drug-likeness (QED) is 0.728.